The normalized spacial score (nSPS) is 26.8. The van der Waals surface area contributed by atoms with E-state index < -0.39 is 0 Å². The Bertz CT molecular complexity index is 322. The van der Waals surface area contributed by atoms with Crippen LogP contribution < -0.4 is 0 Å². The lowest BCUT2D eigenvalue weighted by Crippen LogP contribution is -2.08. The first-order valence-electron chi connectivity index (χ1n) is 6.47. The van der Waals surface area contributed by atoms with Crippen molar-refractivity contribution in [2.24, 2.45) is 5.41 Å². The molecule has 1 atom stereocenters. The minimum absolute atomic E-state index is 0.217. The minimum atomic E-state index is 0.217. The van der Waals surface area contributed by atoms with E-state index in [0.717, 1.165) is 12.8 Å². The van der Waals surface area contributed by atoms with Crippen LogP contribution in [0.5, 0.6) is 0 Å². The predicted octanol–water partition coefficient (Wildman–Crippen LogP) is 4.17. The largest absolute Gasteiger partial charge is 0.392 e. The summed E-state index contributed by atoms with van der Waals surface area (Å²) < 4.78 is 0. The Morgan fingerprint density at radius 1 is 1.41 bits per heavy atom. The maximum Gasteiger partial charge on any atom is 0.0641 e. The topological polar surface area (TPSA) is 20.2 Å². The van der Waals surface area contributed by atoms with E-state index in [1.807, 2.05) is 6.08 Å². The van der Waals surface area contributed by atoms with Crippen molar-refractivity contribution in [3.63, 3.8) is 0 Å². The molecule has 17 heavy (non-hydrogen) atoms. The van der Waals surface area contributed by atoms with Crippen molar-refractivity contribution in [2.75, 3.05) is 6.61 Å². The van der Waals surface area contributed by atoms with Crippen LogP contribution in [0, 0.1) is 5.41 Å². The van der Waals surface area contributed by atoms with Gasteiger partial charge in [-0.2, -0.15) is 0 Å². The van der Waals surface area contributed by atoms with Crippen LogP contribution in [0.1, 0.15) is 39.0 Å². The van der Waals surface area contributed by atoms with Crippen LogP contribution in [-0.4, -0.2) is 11.7 Å². The van der Waals surface area contributed by atoms with E-state index in [1.54, 1.807) is 0 Å². The standard InChI is InChI=1S/C9H12.C7H12O/c1-3-9(2)7-5-4-6-8-9;8-6-7-4-2-1-3-5-7/h3-7H,1,8H2,2H3;4,8H,1-3,5-6H2. The lowest BCUT2D eigenvalue weighted by molar-refractivity contribution is 0.323. The quantitative estimate of drug-likeness (QED) is 0.708. The summed E-state index contributed by atoms with van der Waals surface area (Å²) in [5, 5.41) is 8.62. The third kappa shape index (κ3) is 5.18. The van der Waals surface area contributed by atoms with Crippen molar-refractivity contribution in [3.8, 4) is 0 Å². The maximum atomic E-state index is 8.62. The van der Waals surface area contributed by atoms with Gasteiger partial charge in [0.05, 0.1) is 6.61 Å². The molecular weight excluding hydrogens is 208 g/mol. The van der Waals surface area contributed by atoms with E-state index >= 15 is 0 Å². The van der Waals surface area contributed by atoms with E-state index in [2.05, 4.69) is 43.9 Å². The monoisotopic (exact) mass is 232 g/mol. The van der Waals surface area contributed by atoms with Crippen LogP contribution in [0.4, 0.5) is 0 Å². The van der Waals surface area contributed by atoms with Crippen molar-refractivity contribution in [1.29, 1.82) is 0 Å². The lowest BCUT2D eigenvalue weighted by Gasteiger charge is -2.20. The predicted molar refractivity (Wildman–Crippen MR) is 74.8 cm³/mol. The zero-order valence-electron chi connectivity index (χ0n) is 10.9. The molecule has 0 heterocycles. The summed E-state index contributed by atoms with van der Waals surface area (Å²) in [5.41, 5.74) is 1.45. The molecule has 0 aliphatic heterocycles. The molecule has 0 fully saturated rings. The molecule has 0 radical (unpaired) electrons. The second-order valence-corrected chi connectivity index (χ2v) is 4.97. The number of allylic oxidation sites excluding steroid dienone is 6. The van der Waals surface area contributed by atoms with Crippen LogP contribution in [0.15, 0.2) is 48.6 Å². The molecule has 1 heteroatoms. The van der Waals surface area contributed by atoms with Crippen LogP contribution in [0.3, 0.4) is 0 Å². The number of rotatable bonds is 2. The SMILES string of the molecule is C=CC1(C)C=CC=CC1.OCC1=CCCCC1. The van der Waals surface area contributed by atoms with Crippen LogP contribution in [-0.2, 0) is 0 Å². The van der Waals surface area contributed by atoms with E-state index in [9.17, 15) is 0 Å². The number of aliphatic hydroxyl groups excluding tert-OH is 1. The average Bonchev–Trinajstić information content (AvgIpc) is 2.41. The molecule has 0 bridgehead atoms. The Kier molecular flexibility index (Phi) is 5.99. The fourth-order valence-corrected chi connectivity index (χ4v) is 1.94. The van der Waals surface area contributed by atoms with Gasteiger partial charge in [0, 0.05) is 5.41 Å². The molecule has 1 N–H and O–H groups in total. The molecule has 2 rings (SSSR count). The minimum Gasteiger partial charge on any atom is -0.392 e. The van der Waals surface area contributed by atoms with Gasteiger partial charge in [0.25, 0.3) is 0 Å². The van der Waals surface area contributed by atoms with E-state index in [-0.39, 0.29) is 12.0 Å². The number of hydrogen-bond donors (Lipinski definition) is 1. The Morgan fingerprint density at radius 2 is 2.24 bits per heavy atom. The molecule has 0 saturated heterocycles. The Labute approximate surface area is 105 Å². The summed E-state index contributed by atoms with van der Waals surface area (Å²) in [6, 6.07) is 0. The average molecular weight is 232 g/mol. The molecule has 0 aromatic carbocycles. The third-order valence-corrected chi connectivity index (χ3v) is 3.34. The first-order valence-corrected chi connectivity index (χ1v) is 6.47. The van der Waals surface area contributed by atoms with Gasteiger partial charge in [-0.05, 0) is 37.7 Å². The molecule has 0 aromatic heterocycles. The molecule has 1 unspecified atom stereocenters. The molecular formula is C16H24O. The van der Waals surface area contributed by atoms with Gasteiger partial charge in [0.15, 0.2) is 0 Å². The molecule has 1 nitrogen and oxygen atoms in total. The van der Waals surface area contributed by atoms with Crippen LogP contribution >= 0.6 is 0 Å². The smallest absolute Gasteiger partial charge is 0.0641 e. The zero-order chi connectivity index (χ0) is 12.6. The van der Waals surface area contributed by atoms with Gasteiger partial charge in [0.1, 0.15) is 0 Å². The molecule has 0 spiro atoms. The Morgan fingerprint density at radius 3 is 2.59 bits per heavy atom. The molecule has 2 aliphatic carbocycles. The van der Waals surface area contributed by atoms with Gasteiger partial charge in [0.2, 0.25) is 0 Å². The van der Waals surface area contributed by atoms with Crippen molar-refractivity contribution < 1.29 is 5.11 Å². The lowest BCUT2D eigenvalue weighted by atomic mass is 9.84. The van der Waals surface area contributed by atoms with E-state index in [1.165, 1.54) is 24.8 Å². The summed E-state index contributed by atoms with van der Waals surface area (Å²) in [7, 11) is 0. The van der Waals surface area contributed by atoms with Gasteiger partial charge in [-0.15, -0.1) is 6.58 Å². The second-order valence-electron chi connectivity index (χ2n) is 4.97. The summed E-state index contributed by atoms with van der Waals surface area (Å²) in [6.45, 7) is 6.23. The molecule has 0 aromatic rings. The first kappa shape index (κ1) is 14.0. The fourth-order valence-electron chi connectivity index (χ4n) is 1.94. The van der Waals surface area contributed by atoms with Gasteiger partial charge in [-0.1, -0.05) is 43.4 Å². The van der Waals surface area contributed by atoms with E-state index in [0.29, 0.717) is 0 Å². The summed E-state index contributed by atoms with van der Waals surface area (Å²) in [6.07, 6.45) is 18.6. The van der Waals surface area contributed by atoms with Crippen LogP contribution in [0.2, 0.25) is 0 Å². The zero-order valence-corrected chi connectivity index (χ0v) is 10.9. The molecule has 94 valence electrons. The van der Waals surface area contributed by atoms with Gasteiger partial charge >= 0.3 is 0 Å². The highest BCUT2D eigenvalue weighted by atomic mass is 16.3. The van der Waals surface area contributed by atoms with Gasteiger partial charge in [-0.3, -0.25) is 0 Å². The Hall–Kier alpha value is -1.08. The third-order valence-electron chi connectivity index (χ3n) is 3.34. The highest BCUT2D eigenvalue weighted by Gasteiger charge is 2.14. The maximum absolute atomic E-state index is 8.62. The van der Waals surface area contributed by atoms with E-state index in [4.69, 9.17) is 5.11 Å². The summed E-state index contributed by atoms with van der Waals surface area (Å²) in [5.74, 6) is 0. The van der Waals surface area contributed by atoms with Crippen molar-refractivity contribution in [1.82, 2.24) is 0 Å². The van der Waals surface area contributed by atoms with Crippen molar-refractivity contribution in [2.45, 2.75) is 39.0 Å². The molecule has 0 amide bonds. The molecule has 0 saturated carbocycles. The summed E-state index contributed by atoms with van der Waals surface area (Å²) >= 11 is 0. The highest BCUT2D eigenvalue weighted by Crippen LogP contribution is 2.27. The van der Waals surface area contributed by atoms with Crippen LogP contribution in [0.25, 0.3) is 0 Å². The number of hydrogen-bond acceptors (Lipinski definition) is 1. The first-order chi connectivity index (χ1) is 8.20. The molecule has 2 aliphatic rings. The van der Waals surface area contributed by atoms with Gasteiger partial charge in [-0.25, -0.2) is 0 Å². The number of aliphatic hydroxyl groups is 1. The highest BCUT2D eigenvalue weighted by molar-refractivity contribution is 5.19. The van der Waals surface area contributed by atoms with Crippen molar-refractivity contribution in [3.05, 3.63) is 48.6 Å². The Balaban J connectivity index is 0.000000171. The van der Waals surface area contributed by atoms with Crippen molar-refractivity contribution >= 4 is 0 Å². The van der Waals surface area contributed by atoms with Gasteiger partial charge < -0.3 is 5.11 Å². The fraction of sp³-hybridized carbons (Fsp3) is 0.500. The summed E-state index contributed by atoms with van der Waals surface area (Å²) in [4.78, 5) is 0. The second kappa shape index (κ2) is 7.29.